The highest BCUT2D eigenvalue weighted by atomic mass is 32.2. The fraction of sp³-hybridized carbons (Fsp3) is 0.562. The first-order valence-electron chi connectivity index (χ1n) is 8.15. The molecule has 3 atom stereocenters. The smallest absolute Gasteiger partial charge is 0.356 e. The molecule has 2 aliphatic heterocycles. The fourth-order valence-electron chi connectivity index (χ4n) is 3.30. The fourth-order valence-corrected chi connectivity index (χ4v) is 4.62. The maximum absolute atomic E-state index is 12.4. The zero-order chi connectivity index (χ0) is 18.1. The van der Waals surface area contributed by atoms with E-state index < -0.39 is 35.2 Å². The number of nitrogens with one attached hydrogen (secondary N) is 1. The van der Waals surface area contributed by atoms with Gasteiger partial charge in [0, 0.05) is 0 Å². The summed E-state index contributed by atoms with van der Waals surface area (Å²) >= 11 is 1.36. The molecular weight excluding hydrogens is 346 g/mol. The maximum atomic E-state index is 12.4. The molecule has 4 N–H and O–H groups in total. The van der Waals surface area contributed by atoms with Gasteiger partial charge in [-0.1, -0.05) is 6.08 Å². The number of thioether (sulfide) groups is 1. The van der Waals surface area contributed by atoms with Crippen LogP contribution in [0.4, 0.5) is 0 Å². The lowest BCUT2D eigenvalue weighted by Gasteiger charge is -2.49. The Labute approximate surface area is 149 Å². The van der Waals surface area contributed by atoms with Gasteiger partial charge in [0.05, 0.1) is 12.9 Å². The molecule has 0 spiro atoms. The highest BCUT2D eigenvalue weighted by Gasteiger charge is 2.55. The molecule has 0 aromatic heterocycles. The third-order valence-corrected chi connectivity index (χ3v) is 5.94. The number of hydrogen-bond donors (Lipinski definition) is 3. The second-order valence-corrected chi connectivity index (χ2v) is 7.28. The summed E-state index contributed by atoms with van der Waals surface area (Å²) in [6.45, 7) is 0. The van der Waals surface area contributed by atoms with Gasteiger partial charge in [-0.2, -0.15) is 0 Å². The van der Waals surface area contributed by atoms with Crippen LogP contribution in [-0.4, -0.2) is 58.1 Å². The Morgan fingerprint density at radius 2 is 2.24 bits per heavy atom. The molecule has 2 amide bonds. The van der Waals surface area contributed by atoms with Crippen LogP contribution >= 0.6 is 11.8 Å². The summed E-state index contributed by atoms with van der Waals surface area (Å²) in [4.78, 5) is 37.4. The van der Waals surface area contributed by atoms with Crippen LogP contribution in [0, 0.1) is 0 Å². The highest BCUT2D eigenvalue weighted by molar-refractivity contribution is 8.00. The second-order valence-electron chi connectivity index (χ2n) is 6.18. The minimum Gasteiger partial charge on any atom is -0.498 e. The van der Waals surface area contributed by atoms with Gasteiger partial charge in [-0.15, -0.1) is 11.8 Å². The van der Waals surface area contributed by atoms with E-state index in [1.165, 1.54) is 23.8 Å². The molecule has 25 heavy (non-hydrogen) atoms. The van der Waals surface area contributed by atoms with Crippen LogP contribution in [0.1, 0.15) is 25.7 Å². The van der Waals surface area contributed by atoms with E-state index in [1.807, 2.05) is 6.08 Å². The van der Waals surface area contributed by atoms with Gasteiger partial charge in [-0.25, -0.2) is 4.79 Å². The number of methoxy groups -OCH3 is 1. The van der Waals surface area contributed by atoms with Gasteiger partial charge < -0.3 is 20.9 Å². The normalized spacial score (nSPS) is 27.0. The van der Waals surface area contributed by atoms with Crippen molar-refractivity contribution in [1.29, 1.82) is 0 Å². The minimum atomic E-state index is -1.22. The van der Waals surface area contributed by atoms with Crippen LogP contribution in [-0.2, 0) is 19.1 Å². The lowest BCUT2D eigenvalue weighted by atomic mass is 9.93. The third kappa shape index (κ3) is 3.13. The van der Waals surface area contributed by atoms with Crippen LogP contribution in [0.3, 0.4) is 0 Å². The first kappa shape index (κ1) is 17.8. The molecule has 1 fully saturated rings. The molecule has 3 rings (SSSR count). The summed E-state index contributed by atoms with van der Waals surface area (Å²) in [5, 5.41) is 11.6. The van der Waals surface area contributed by atoms with Crippen molar-refractivity contribution in [2.24, 2.45) is 5.73 Å². The molecule has 8 nitrogen and oxygen atoms in total. The van der Waals surface area contributed by atoms with Crippen molar-refractivity contribution in [1.82, 2.24) is 10.2 Å². The lowest BCUT2D eigenvalue weighted by molar-refractivity contribution is -0.151. The Morgan fingerprint density at radius 1 is 1.48 bits per heavy atom. The van der Waals surface area contributed by atoms with Crippen molar-refractivity contribution in [2.45, 2.75) is 43.1 Å². The van der Waals surface area contributed by atoms with E-state index in [0.29, 0.717) is 5.75 Å². The number of nitrogens with two attached hydrogens (primary N) is 1. The Bertz CT molecular complexity index is 675. The number of amides is 2. The van der Waals surface area contributed by atoms with Crippen molar-refractivity contribution < 1.29 is 24.2 Å². The summed E-state index contributed by atoms with van der Waals surface area (Å²) in [7, 11) is 1.37. The van der Waals surface area contributed by atoms with Crippen molar-refractivity contribution in [3.63, 3.8) is 0 Å². The van der Waals surface area contributed by atoms with E-state index in [0.717, 1.165) is 31.3 Å². The van der Waals surface area contributed by atoms with Crippen LogP contribution in [0.15, 0.2) is 23.1 Å². The first-order chi connectivity index (χ1) is 12.0. The zero-order valence-electron chi connectivity index (χ0n) is 13.9. The molecule has 0 aromatic rings. The first-order valence-corrected chi connectivity index (χ1v) is 9.20. The van der Waals surface area contributed by atoms with Crippen LogP contribution in [0.25, 0.3) is 0 Å². The monoisotopic (exact) mass is 367 g/mol. The van der Waals surface area contributed by atoms with Gasteiger partial charge in [-0.05, 0) is 31.3 Å². The van der Waals surface area contributed by atoms with Crippen LogP contribution in [0.5, 0.6) is 0 Å². The predicted octanol–water partition coefficient (Wildman–Crippen LogP) is 0.157. The number of carboxylic acids is 1. The summed E-state index contributed by atoms with van der Waals surface area (Å²) in [6, 6.07) is -1.53. The predicted molar refractivity (Wildman–Crippen MR) is 91.2 cm³/mol. The molecule has 136 valence electrons. The average molecular weight is 367 g/mol. The van der Waals surface area contributed by atoms with Gasteiger partial charge in [-0.3, -0.25) is 14.5 Å². The minimum absolute atomic E-state index is 0.152. The quantitative estimate of drug-likeness (QED) is 0.467. The van der Waals surface area contributed by atoms with Gasteiger partial charge in [0.15, 0.2) is 5.70 Å². The number of aliphatic carboxylic acids is 1. The number of β-lactam (4-membered cyclic amide) rings is 1. The Kier molecular flexibility index (Phi) is 5.05. The van der Waals surface area contributed by atoms with Gasteiger partial charge >= 0.3 is 5.97 Å². The summed E-state index contributed by atoms with van der Waals surface area (Å²) in [5.74, 6) is -1.50. The molecular formula is C16H21N3O5S. The zero-order valence-corrected chi connectivity index (χ0v) is 14.7. The van der Waals surface area contributed by atoms with E-state index in [2.05, 4.69) is 5.32 Å². The molecule has 9 heteroatoms. The molecule has 1 unspecified atom stereocenters. The number of nitrogens with zero attached hydrogens (tertiary/aromatic N) is 1. The van der Waals surface area contributed by atoms with Crippen molar-refractivity contribution in [3.8, 4) is 0 Å². The van der Waals surface area contributed by atoms with E-state index in [9.17, 15) is 19.5 Å². The van der Waals surface area contributed by atoms with Gasteiger partial charge in [0.1, 0.15) is 23.2 Å². The molecule has 1 saturated heterocycles. The Hall–Kier alpha value is -2.00. The van der Waals surface area contributed by atoms with Gasteiger partial charge in [0.25, 0.3) is 5.91 Å². The number of rotatable bonds is 5. The number of ether oxygens (including phenoxy) is 1. The SMILES string of the molecule is COC1=C(C(=O)O)N2C(=O)[C@@H](NC(=O)C(N)C3=CCCCC3)[C@@H]2SC1. The largest absolute Gasteiger partial charge is 0.498 e. The molecule has 3 aliphatic rings. The second kappa shape index (κ2) is 7.09. The molecule has 0 radical (unpaired) electrons. The number of allylic oxidation sites excluding steroid dienone is 1. The van der Waals surface area contributed by atoms with Crippen molar-refractivity contribution >= 4 is 29.5 Å². The number of carboxylic acid groups (broad SMARTS) is 1. The maximum Gasteiger partial charge on any atom is 0.356 e. The topological polar surface area (TPSA) is 122 Å². The Morgan fingerprint density at radius 3 is 2.84 bits per heavy atom. The highest BCUT2D eigenvalue weighted by Crippen LogP contribution is 2.40. The molecule has 0 bridgehead atoms. The number of fused-ring (bicyclic) bond motifs is 1. The standard InChI is InChI=1S/C16H21N3O5S/c1-24-9-7-25-15-11(14(21)19(15)12(9)16(22)23)18-13(20)10(17)8-5-3-2-4-6-8/h5,10-11,15H,2-4,6-7,17H2,1H3,(H,18,20)(H,22,23)/t10?,11-,15+/m1/s1. The molecule has 0 aromatic carbocycles. The summed E-state index contributed by atoms with van der Waals surface area (Å²) in [5.41, 5.74) is 6.76. The van der Waals surface area contributed by atoms with E-state index in [4.69, 9.17) is 10.5 Å². The van der Waals surface area contributed by atoms with E-state index in [-0.39, 0.29) is 11.5 Å². The molecule has 2 heterocycles. The van der Waals surface area contributed by atoms with E-state index >= 15 is 0 Å². The van der Waals surface area contributed by atoms with Crippen LogP contribution < -0.4 is 11.1 Å². The third-order valence-electron chi connectivity index (χ3n) is 4.69. The summed E-state index contributed by atoms with van der Waals surface area (Å²) in [6.07, 6.45) is 5.80. The lowest BCUT2D eigenvalue weighted by Crippen LogP contribution is -2.71. The van der Waals surface area contributed by atoms with Crippen molar-refractivity contribution in [3.05, 3.63) is 23.1 Å². The van der Waals surface area contributed by atoms with Crippen LogP contribution in [0.2, 0.25) is 0 Å². The van der Waals surface area contributed by atoms with Crippen molar-refractivity contribution in [2.75, 3.05) is 12.9 Å². The molecule has 0 saturated carbocycles. The summed E-state index contributed by atoms with van der Waals surface area (Å²) < 4.78 is 5.07. The van der Waals surface area contributed by atoms with E-state index in [1.54, 1.807) is 0 Å². The Balaban J connectivity index is 1.69. The number of hydrogen-bond acceptors (Lipinski definition) is 6. The molecule has 1 aliphatic carbocycles. The number of carbonyl (C=O) groups excluding carboxylic acids is 2. The van der Waals surface area contributed by atoms with Gasteiger partial charge in [0.2, 0.25) is 5.91 Å². The number of carbonyl (C=O) groups is 3. The average Bonchev–Trinajstić information content (AvgIpc) is 2.64.